The summed E-state index contributed by atoms with van der Waals surface area (Å²) in [6, 6.07) is 17.4. The van der Waals surface area contributed by atoms with Crippen LogP contribution in [0.3, 0.4) is 0 Å². The molecule has 1 aliphatic heterocycles. The second-order valence-corrected chi connectivity index (χ2v) is 7.20. The van der Waals surface area contributed by atoms with Crippen LogP contribution in [0.5, 0.6) is 11.5 Å². The number of rotatable bonds is 4. The Hall–Kier alpha value is -2.79. The Balaban J connectivity index is 1.70. The van der Waals surface area contributed by atoms with Gasteiger partial charge < -0.3 is 14.4 Å². The lowest BCUT2D eigenvalue weighted by atomic mass is 10.1. The Morgan fingerprint density at radius 3 is 2.54 bits per heavy atom. The van der Waals surface area contributed by atoms with Crippen molar-refractivity contribution in [2.24, 2.45) is 0 Å². The lowest BCUT2D eigenvalue weighted by molar-refractivity contribution is 0.0985. The van der Waals surface area contributed by atoms with Crippen LogP contribution in [-0.4, -0.2) is 19.1 Å². The molecule has 1 aromatic heterocycles. The number of hydrogen-bond acceptors (Lipinski definition) is 4. The van der Waals surface area contributed by atoms with E-state index in [4.69, 9.17) is 9.47 Å². The molecule has 0 spiro atoms. The van der Waals surface area contributed by atoms with Crippen molar-refractivity contribution in [3.05, 3.63) is 76.0 Å². The summed E-state index contributed by atoms with van der Waals surface area (Å²) in [7, 11) is 0. The summed E-state index contributed by atoms with van der Waals surface area (Å²) in [5.74, 6) is 1.37. The van der Waals surface area contributed by atoms with Gasteiger partial charge in [0, 0.05) is 22.2 Å². The average Bonchev–Trinajstić information content (AvgIpc) is 3.19. The first-order chi connectivity index (χ1) is 12.7. The second kappa shape index (κ2) is 7.22. The van der Waals surface area contributed by atoms with Crippen molar-refractivity contribution in [3.8, 4) is 11.5 Å². The molecule has 0 N–H and O–H groups in total. The van der Waals surface area contributed by atoms with E-state index in [1.54, 1.807) is 16.2 Å². The fraction of sp³-hybridized carbons (Fsp3) is 0.190. The van der Waals surface area contributed by atoms with Gasteiger partial charge in [-0.25, -0.2) is 0 Å². The highest BCUT2D eigenvalue weighted by Gasteiger charge is 2.21. The van der Waals surface area contributed by atoms with E-state index in [9.17, 15) is 4.79 Å². The van der Waals surface area contributed by atoms with E-state index in [1.165, 1.54) is 0 Å². The molecular formula is C21H19NO3S. The Morgan fingerprint density at radius 1 is 1.04 bits per heavy atom. The summed E-state index contributed by atoms with van der Waals surface area (Å²) in [4.78, 5) is 16.1. The molecule has 0 bridgehead atoms. The quantitative estimate of drug-likeness (QED) is 0.674. The number of aryl methyl sites for hydroxylation is 1. The number of carbonyl (C=O) groups is 1. The molecule has 0 fully saturated rings. The van der Waals surface area contributed by atoms with Crippen LogP contribution < -0.4 is 14.4 Å². The molecule has 0 unspecified atom stereocenters. The predicted molar refractivity (Wildman–Crippen MR) is 103 cm³/mol. The Bertz CT molecular complexity index is 904. The first-order valence-corrected chi connectivity index (χ1v) is 9.39. The lowest BCUT2D eigenvalue weighted by Gasteiger charge is -2.25. The van der Waals surface area contributed by atoms with Gasteiger partial charge in [-0.15, -0.1) is 11.3 Å². The lowest BCUT2D eigenvalue weighted by Crippen LogP contribution is -2.30. The number of nitrogens with zero attached hydrogens (tertiary/aromatic N) is 1. The van der Waals surface area contributed by atoms with E-state index in [-0.39, 0.29) is 5.91 Å². The van der Waals surface area contributed by atoms with Crippen LogP contribution in [-0.2, 0) is 6.54 Å². The molecule has 4 nitrogen and oxygen atoms in total. The molecular weight excluding hydrogens is 346 g/mol. The molecule has 2 aromatic carbocycles. The minimum absolute atomic E-state index is 0.0323. The van der Waals surface area contributed by atoms with Gasteiger partial charge in [0.25, 0.3) is 5.91 Å². The van der Waals surface area contributed by atoms with Crippen LogP contribution in [0.25, 0.3) is 0 Å². The van der Waals surface area contributed by atoms with E-state index in [0.717, 1.165) is 21.9 Å². The highest BCUT2D eigenvalue weighted by Crippen LogP contribution is 2.35. The van der Waals surface area contributed by atoms with Crippen molar-refractivity contribution < 1.29 is 14.3 Å². The number of hydrogen-bond donors (Lipinski definition) is 0. The van der Waals surface area contributed by atoms with Crippen molar-refractivity contribution in [1.82, 2.24) is 0 Å². The normalized spacial score (nSPS) is 12.7. The van der Waals surface area contributed by atoms with Crippen LogP contribution >= 0.6 is 11.3 Å². The summed E-state index contributed by atoms with van der Waals surface area (Å²) in [6.45, 7) is 3.60. The Labute approximate surface area is 156 Å². The molecule has 4 rings (SSSR count). The van der Waals surface area contributed by atoms with E-state index < -0.39 is 0 Å². The largest absolute Gasteiger partial charge is 0.486 e. The number of benzene rings is 2. The fourth-order valence-corrected chi connectivity index (χ4v) is 3.58. The second-order valence-electron chi connectivity index (χ2n) is 6.16. The number of carbonyl (C=O) groups excluding carboxylic acids is 1. The number of fused-ring (bicyclic) bond motifs is 1. The summed E-state index contributed by atoms with van der Waals surface area (Å²) >= 11 is 1.64. The van der Waals surface area contributed by atoms with E-state index in [2.05, 4.69) is 0 Å². The van der Waals surface area contributed by atoms with Gasteiger partial charge in [-0.2, -0.15) is 0 Å². The predicted octanol–water partition coefficient (Wildman–Crippen LogP) is 4.67. The summed E-state index contributed by atoms with van der Waals surface area (Å²) in [6.07, 6.45) is 0. The van der Waals surface area contributed by atoms with Gasteiger partial charge in [0.2, 0.25) is 0 Å². The van der Waals surface area contributed by atoms with Gasteiger partial charge >= 0.3 is 0 Å². The van der Waals surface area contributed by atoms with Crippen LogP contribution in [0.1, 0.15) is 20.8 Å². The Kier molecular flexibility index (Phi) is 4.63. The zero-order valence-electron chi connectivity index (χ0n) is 14.5. The van der Waals surface area contributed by atoms with Crippen molar-refractivity contribution in [2.45, 2.75) is 13.5 Å². The molecule has 2 heterocycles. The molecule has 1 aliphatic rings. The van der Waals surface area contributed by atoms with Crippen molar-refractivity contribution in [3.63, 3.8) is 0 Å². The SMILES string of the molecule is Cc1ccc(C(=O)N(Cc2cccs2)c2ccc3c(c2)OCCO3)cc1. The smallest absolute Gasteiger partial charge is 0.258 e. The average molecular weight is 365 g/mol. The molecule has 1 amide bonds. The van der Waals surface area contributed by atoms with Gasteiger partial charge in [0.05, 0.1) is 6.54 Å². The molecule has 26 heavy (non-hydrogen) atoms. The maximum atomic E-state index is 13.2. The topological polar surface area (TPSA) is 38.8 Å². The first-order valence-electron chi connectivity index (χ1n) is 8.51. The van der Waals surface area contributed by atoms with Crippen LogP contribution in [0.4, 0.5) is 5.69 Å². The van der Waals surface area contributed by atoms with Gasteiger partial charge in [0.15, 0.2) is 11.5 Å². The zero-order chi connectivity index (χ0) is 17.9. The summed E-state index contributed by atoms with van der Waals surface area (Å²) in [5.41, 5.74) is 2.60. The molecule has 0 radical (unpaired) electrons. The zero-order valence-corrected chi connectivity index (χ0v) is 15.3. The minimum atomic E-state index is -0.0323. The molecule has 5 heteroatoms. The van der Waals surface area contributed by atoms with Crippen molar-refractivity contribution in [2.75, 3.05) is 18.1 Å². The molecule has 0 atom stereocenters. The standard InChI is InChI=1S/C21H19NO3S/c1-15-4-6-16(7-5-15)21(23)22(14-18-3-2-12-26-18)17-8-9-19-20(13-17)25-11-10-24-19/h2-9,12-13H,10-11,14H2,1H3. The van der Waals surface area contributed by atoms with Crippen molar-refractivity contribution in [1.29, 1.82) is 0 Å². The summed E-state index contributed by atoms with van der Waals surface area (Å²) in [5, 5.41) is 2.02. The molecule has 3 aromatic rings. The first kappa shape index (κ1) is 16.7. The number of anilines is 1. The van der Waals surface area contributed by atoms with E-state index in [0.29, 0.717) is 31.1 Å². The van der Waals surface area contributed by atoms with Gasteiger partial charge in [-0.1, -0.05) is 23.8 Å². The van der Waals surface area contributed by atoms with Gasteiger partial charge in [-0.05, 0) is 42.6 Å². The third-order valence-corrected chi connectivity index (χ3v) is 5.14. The third kappa shape index (κ3) is 3.44. The van der Waals surface area contributed by atoms with Crippen LogP contribution in [0.15, 0.2) is 60.0 Å². The number of ether oxygens (including phenoxy) is 2. The fourth-order valence-electron chi connectivity index (χ4n) is 2.89. The monoisotopic (exact) mass is 365 g/mol. The van der Waals surface area contributed by atoms with Crippen LogP contribution in [0, 0.1) is 6.92 Å². The molecule has 0 saturated carbocycles. The van der Waals surface area contributed by atoms with Gasteiger partial charge in [-0.3, -0.25) is 4.79 Å². The minimum Gasteiger partial charge on any atom is -0.486 e. The van der Waals surface area contributed by atoms with Gasteiger partial charge in [0.1, 0.15) is 13.2 Å². The maximum Gasteiger partial charge on any atom is 0.258 e. The molecule has 0 aliphatic carbocycles. The highest BCUT2D eigenvalue weighted by molar-refractivity contribution is 7.09. The highest BCUT2D eigenvalue weighted by atomic mass is 32.1. The number of thiophene rings is 1. The third-order valence-electron chi connectivity index (χ3n) is 4.28. The van der Waals surface area contributed by atoms with Crippen molar-refractivity contribution >= 4 is 22.9 Å². The molecule has 132 valence electrons. The van der Waals surface area contributed by atoms with E-state index >= 15 is 0 Å². The summed E-state index contributed by atoms with van der Waals surface area (Å²) < 4.78 is 11.3. The number of amides is 1. The van der Waals surface area contributed by atoms with Crippen LogP contribution in [0.2, 0.25) is 0 Å². The maximum absolute atomic E-state index is 13.2. The Morgan fingerprint density at radius 2 is 1.81 bits per heavy atom. The van der Waals surface area contributed by atoms with E-state index in [1.807, 2.05) is 66.9 Å². The molecule has 0 saturated heterocycles.